The highest BCUT2D eigenvalue weighted by atomic mass is 32.2. The number of fused-ring (bicyclic) bond motifs is 3. The number of thiazole rings is 1. The molecule has 2 aromatic carbocycles. The molecule has 0 aliphatic heterocycles. The quantitative estimate of drug-likeness (QED) is 0.392. The molecule has 0 bridgehead atoms. The van der Waals surface area contributed by atoms with Gasteiger partial charge in [-0.2, -0.15) is 0 Å². The van der Waals surface area contributed by atoms with Crippen LogP contribution in [0.3, 0.4) is 0 Å². The zero-order chi connectivity index (χ0) is 21.2. The third kappa shape index (κ3) is 4.14. The van der Waals surface area contributed by atoms with Gasteiger partial charge in [0, 0.05) is 29.9 Å². The van der Waals surface area contributed by atoms with Gasteiger partial charge in [-0.1, -0.05) is 60.3 Å². The lowest BCUT2D eigenvalue weighted by molar-refractivity contribution is -0.113. The Labute approximate surface area is 186 Å². The van der Waals surface area contributed by atoms with Crippen LogP contribution in [0.2, 0.25) is 0 Å². The molecule has 1 N–H and O–H groups in total. The third-order valence-electron chi connectivity index (χ3n) is 4.84. The molecular weight excluding hydrogens is 428 g/mol. The van der Waals surface area contributed by atoms with Crippen molar-refractivity contribution in [2.45, 2.75) is 11.6 Å². The van der Waals surface area contributed by atoms with Crippen molar-refractivity contribution in [2.75, 3.05) is 11.1 Å². The highest BCUT2D eigenvalue weighted by Crippen LogP contribution is 2.26. The van der Waals surface area contributed by atoms with Crippen LogP contribution in [0.4, 0.5) is 5.13 Å². The summed E-state index contributed by atoms with van der Waals surface area (Å²) >= 11 is 2.74. The summed E-state index contributed by atoms with van der Waals surface area (Å²) in [6.07, 6.45) is 2.61. The van der Waals surface area contributed by atoms with Crippen LogP contribution in [0.1, 0.15) is 10.4 Å². The van der Waals surface area contributed by atoms with Crippen LogP contribution < -0.4 is 5.32 Å². The average molecular weight is 447 g/mol. The molecule has 0 unspecified atom stereocenters. The van der Waals surface area contributed by atoms with Gasteiger partial charge in [0.25, 0.3) is 0 Å². The molecule has 0 fully saturated rings. The fourth-order valence-corrected chi connectivity index (χ4v) is 4.83. The van der Waals surface area contributed by atoms with Crippen LogP contribution in [-0.2, 0) is 18.3 Å². The highest BCUT2D eigenvalue weighted by molar-refractivity contribution is 7.99. The van der Waals surface area contributed by atoms with Crippen LogP contribution in [0.5, 0.6) is 0 Å². The first-order chi connectivity index (χ1) is 15.2. The Bertz CT molecular complexity index is 1380. The van der Waals surface area contributed by atoms with E-state index in [9.17, 15) is 4.79 Å². The van der Waals surface area contributed by atoms with E-state index >= 15 is 0 Å². The van der Waals surface area contributed by atoms with Gasteiger partial charge in [0.2, 0.25) is 11.1 Å². The normalized spacial score (nSPS) is 11.3. The van der Waals surface area contributed by atoms with Crippen molar-refractivity contribution < 1.29 is 4.79 Å². The van der Waals surface area contributed by atoms with E-state index in [0.29, 0.717) is 10.3 Å². The molecule has 0 aliphatic rings. The smallest absolute Gasteiger partial charge is 0.236 e. The number of anilines is 1. The number of hydrogen-bond acceptors (Lipinski definition) is 7. The number of thioether (sulfide) groups is 1. The Morgan fingerprint density at radius 1 is 1.10 bits per heavy atom. The van der Waals surface area contributed by atoms with Gasteiger partial charge in [0.1, 0.15) is 5.52 Å². The van der Waals surface area contributed by atoms with Gasteiger partial charge in [-0.3, -0.25) is 4.79 Å². The molecule has 0 radical (unpaired) electrons. The van der Waals surface area contributed by atoms with Crippen molar-refractivity contribution in [1.29, 1.82) is 0 Å². The molecular formula is C22H18N6OS2. The van der Waals surface area contributed by atoms with E-state index in [1.54, 1.807) is 6.20 Å². The maximum atomic E-state index is 12.4. The van der Waals surface area contributed by atoms with Crippen LogP contribution in [0.25, 0.3) is 22.1 Å². The second-order valence-corrected chi connectivity index (χ2v) is 9.03. The lowest BCUT2D eigenvalue weighted by Gasteiger charge is -2.02. The standard InChI is InChI=1S/C22H18N6OS2/c1-28-17-10-6-5-9-16(17)19-20(28)25-22(27-26-19)30-13-18(29)24-21-23-12-15(31-21)11-14-7-3-2-4-8-14/h2-10,12H,11,13H2,1H3,(H,23,24,29). The Morgan fingerprint density at radius 2 is 1.90 bits per heavy atom. The zero-order valence-corrected chi connectivity index (χ0v) is 18.3. The predicted molar refractivity (Wildman–Crippen MR) is 125 cm³/mol. The minimum absolute atomic E-state index is 0.147. The zero-order valence-electron chi connectivity index (χ0n) is 16.6. The lowest BCUT2D eigenvalue weighted by atomic mass is 10.1. The summed E-state index contributed by atoms with van der Waals surface area (Å²) in [4.78, 5) is 22.4. The number of aromatic nitrogens is 5. The summed E-state index contributed by atoms with van der Waals surface area (Å²) in [5, 5.41) is 13.5. The Morgan fingerprint density at radius 3 is 2.77 bits per heavy atom. The molecule has 3 aromatic heterocycles. The van der Waals surface area contributed by atoms with Gasteiger partial charge in [0.15, 0.2) is 10.8 Å². The second kappa shape index (κ2) is 8.44. The largest absolute Gasteiger partial charge is 0.327 e. The molecule has 5 aromatic rings. The van der Waals surface area contributed by atoms with Crippen LogP contribution in [-0.4, -0.2) is 36.4 Å². The molecule has 154 valence electrons. The molecule has 1 amide bonds. The topological polar surface area (TPSA) is 85.6 Å². The van der Waals surface area contributed by atoms with E-state index in [0.717, 1.165) is 33.4 Å². The second-order valence-electron chi connectivity index (χ2n) is 6.97. The van der Waals surface area contributed by atoms with Crippen LogP contribution >= 0.6 is 23.1 Å². The Hall–Kier alpha value is -3.30. The number of carbonyl (C=O) groups excluding carboxylic acids is 1. The van der Waals surface area contributed by atoms with Crippen molar-refractivity contribution in [3.05, 3.63) is 71.2 Å². The molecule has 31 heavy (non-hydrogen) atoms. The molecule has 5 rings (SSSR count). The first kappa shape index (κ1) is 19.7. The maximum Gasteiger partial charge on any atom is 0.236 e. The summed E-state index contributed by atoms with van der Waals surface area (Å²) in [7, 11) is 1.95. The minimum Gasteiger partial charge on any atom is -0.327 e. The van der Waals surface area contributed by atoms with Gasteiger partial charge in [0.05, 0.1) is 11.3 Å². The van der Waals surface area contributed by atoms with Gasteiger partial charge in [-0.15, -0.1) is 21.5 Å². The number of carbonyl (C=O) groups is 1. The van der Waals surface area contributed by atoms with Gasteiger partial charge in [-0.25, -0.2) is 9.97 Å². The first-order valence-electron chi connectivity index (χ1n) is 9.66. The number of nitrogens with zero attached hydrogens (tertiary/aromatic N) is 5. The number of amides is 1. The van der Waals surface area contributed by atoms with Crippen molar-refractivity contribution in [2.24, 2.45) is 7.05 Å². The first-order valence-corrected chi connectivity index (χ1v) is 11.5. The number of aryl methyl sites for hydroxylation is 1. The van der Waals surface area contributed by atoms with Crippen molar-refractivity contribution in [1.82, 2.24) is 24.7 Å². The van der Waals surface area contributed by atoms with E-state index in [-0.39, 0.29) is 11.7 Å². The maximum absolute atomic E-state index is 12.4. The highest BCUT2D eigenvalue weighted by Gasteiger charge is 2.14. The van der Waals surface area contributed by atoms with E-state index in [1.165, 1.54) is 28.7 Å². The molecule has 0 saturated heterocycles. The van der Waals surface area contributed by atoms with E-state index in [1.807, 2.05) is 54.1 Å². The van der Waals surface area contributed by atoms with E-state index < -0.39 is 0 Å². The molecule has 0 atom stereocenters. The number of benzene rings is 2. The van der Waals surface area contributed by atoms with Crippen LogP contribution in [0, 0.1) is 0 Å². The molecule has 3 heterocycles. The third-order valence-corrected chi connectivity index (χ3v) is 6.59. The summed E-state index contributed by atoms with van der Waals surface area (Å²) in [5.41, 5.74) is 3.78. The average Bonchev–Trinajstić information content (AvgIpc) is 3.35. The lowest BCUT2D eigenvalue weighted by Crippen LogP contribution is -2.14. The Balaban J connectivity index is 1.23. The Kier molecular flexibility index (Phi) is 5.35. The van der Waals surface area contributed by atoms with E-state index in [4.69, 9.17) is 0 Å². The van der Waals surface area contributed by atoms with Crippen molar-refractivity contribution >= 4 is 56.2 Å². The van der Waals surface area contributed by atoms with Crippen molar-refractivity contribution in [3.63, 3.8) is 0 Å². The number of para-hydroxylation sites is 1. The fourth-order valence-electron chi connectivity index (χ4n) is 3.38. The summed E-state index contributed by atoms with van der Waals surface area (Å²) in [5.74, 6) is 0.0383. The predicted octanol–water partition coefficient (Wildman–Crippen LogP) is 4.29. The van der Waals surface area contributed by atoms with Crippen LogP contribution in [0.15, 0.2) is 66.0 Å². The number of nitrogens with one attached hydrogen (secondary N) is 1. The summed E-state index contributed by atoms with van der Waals surface area (Å²) in [6.45, 7) is 0. The fraction of sp³-hybridized carbons (Fsp3) is 0.136. The molecule has 9 heteroatoms. The number of hydrogen-bond donors (Lipinski definition) is 1. The SMILES string of the molecule is Cn1c2ccccc2c2nnc(SCC(=O)Nc3ncc(Cc4ccccc4)s3)nc21. The summed E-state index contributed by atoms with van der Waals surface area (Å²) < 4.78 is 1.99. The number of rotatable bonds is 6. The minimum atomic E-state index is -0.147. The van der Waals surface area contributed by atoms with Gasteiger partial charge >= 0.3 is 0 Å². The van der Waals surface area contributed by atoms with Crippen molar-refractivity contribution in [3.8, 4) is 0 Å². The molecule has 0 spiro atoms. The van der Waals surface area contributed by atoms with E-state index in [2.05, 4.69) is 37.6 Å². The molecule has 7 nitrogen and oxygen atoms in total. The van der Waals surface area contributed by atoms with Gasteiger partial charge in [-0.05, 0) is 11.6 Å². The summed E-state index contributed by atoms with van der Waals surface area (Å²) in [6, 6.07) is 18.2. The van der Waals surface area contributed by atoms with Gasteiger partial charge < -0.3 is 9.88 Å². The molecule has 0 saturated carbocycles. The monoisotopic (exact) mass is 446 g/mol. The molecule has 0 aliphatic carbocycles.